The van der Waals surface area contributed by atoms with Crippen molar-refractivity contribution >= 4 is 52.1 Å². The van der Waals surface area contributed by atoms with Crippen molar-refractivity contribution in [3.05, 3.63) is 92.0 Å². The molecule has 1 aromatic heterocycles. The highest BCUT2D eigenvalue weighted by atomic mass is 35.5. The fraction of sp³-hybridized carbons (Fsp3) is 0.469. The molecular formula is C32H40Cl2N6O3S. The number of nitrogens with zero attached hydrogens (tertiary/aromatic N) is 4. The van der Waals surface area contributed by atoms with Crippen LogP contribution in [0.2, 0.25) is 10.0 Å². The summed E-state index contributed by atoms with van der Waals surface area (Å²) >= 11 is 18.9. The summed E-state index contributed by atoms with van der Waals surface area (Å²) in [5.41, 5.74) is 2.54. The van der Waals surface area contributed by atoms with E-state index in [4.69, 9.17) is 35.4 Å². The number of carbonyl (C=O) groups excluding carboxylic acids is 1. The maximum Gasteiger partial charge on any atom is 0.269 e. The Balaban J connectivity index is 1.47. The fourth-order valence-corrected chi connectivity index (χ4v) is 6.16. The van der Waals surface area contributed by atoms with E-state index < -0.39 is 4.92 Å². The van der Waals surface area contributed by atoms with Crippen LogP contribution in [0, 0.1) is 16.0 Å². The van der Waals surface area contributed by atoms with Crippen LogP contribution in [-0.2, 0) is 24.3 Å². The molecule has 0 bridgehead atoms. The summed E-state index contributed by atoms with van der Waals surface area (Å²) in [4.78, 5) is 30.4. The lowest BCUT2D eigenvalue weighted by atomic mass is 9.95. The van der Waals surface area contributed by atoms with Gasteiger partial charge in [-0.15, -0.1) is 0 Å². The average Bonchev–Trinajstić information content (AvgIpc) is 3.44. The zero-order chi connectivity index (χ0) is 31.6. The number of hydrogen-bond donors (Lipinski definition) is 2. The second kappa shape index (κ2) is 16.2. The molecule has 3 aromatic rings. The van der Waals surface area contributed by atoms with Crippen LogP contribution >= 0.6 is 35.4 Å². The maximum atomic E-state index is 13.5. The van der Waals surface area contributed by atoms with Crippen LogP contribution in [0.25, 0.3) is 0 Å². The molecule has 44 heavy (non-hydrogen) atoms. The molecule has 2 unspecified atom stereocenters. The molecule has 1 aliphatic carbocycles. The van der Waals surface area contributed by atoms with Crippen LogP contribution < -0.4 is 10.6 Å². The summed E-state index contributed by atoms with van der Waals surface area (Å²) in [7, 11) is 0. The van der Waals surface area contributed by atoms with E-state index in [2.05, 4.69) is 34.4 Å². The Kier molecular flexibility index (Phi) is 12.4. The second-order valence-electron chi connectivity index (χ2n) is 11.6. The molecule has 2 N–H and O–H groups in total. The quantitative estimate of drug-likeness (QED) is 0.117. The third-order valence-electron chi connectivity index (χ3n) is 8.35. The molecule has 1 amide bonds. The standard InChI is InChI=1S/C32H40Cl2N6O3S/c1-3-22(2)29(37-30(41)16-27-17-35-21-39(27)18-23-12-14-26(15-13-23)40(42)43)20-38(19-24-8-7-11-28(33)31(24)34)32(44)36-25-9-5-4-6-10-25/h7-8,11-15,17,21-22,25,29H,3-6,9-10,16,18-20H2,1-2H3,(H,36,44)(H,37,41). The van der Waals surface area contributed by atoms with Gasteiger partial charge in [-0.05, 0) is 48.2 Å². The number of carbonyl (C=O) groups is 1. The van der Waals surface area contributed by atoms with E-state index >= 15 is 0 Å². The van der Waals surface area contributed by atoms with E-state index in [9.17, 15) is 14.9 Å². The van der Waals surface area contributed by atoms with E-state index in [0.717, 1.165) is 36.1 Å². The number of thiocarbonyl (C=S) groups is 1. The van der Waals surface area contributed by atoms with Crippen LogP contribution in [0.5, 0.6) is 0 Å². The van der Waals surface area contributed by atoms with Crippen molar-refractivity contribution in [2.75, 3.05) is 6.54 Å². The predicted octanol–water partition coefficient (Wildman–Crippen LogP) is 6.93. The molecule has 1 saturated carbocycles. The van der Waals surface area contributed by atoms with Crippen LogP contribution in [-0.4, -0.2) is 49.0 Å². The molecule has 1 fully saturated rings. The minimum Gasteiger partial charge on any atom is -0.360 e. The molecule has 236 valence electrons. The number of benzene rings is 2. The highest BCUT2D eigenvalue weighted by molar-refractivity contribution is 7.80. The van der Waals surface area contributed by atoms with E-state index in [1.807, 2.05) is 16.7 Å². The molecule has 0 aliphatic heterocycles. The first-order valence-corrected chi connectivity index (χ1v) is 16.3. The van der Waals surface area contributed by atoms with Gasteiger partial charge in [-0.2, -0.15) is 0 Å². The first-order chi connectivity index (χ1) is 21.1. The van der Waals surface area contributed by atoms with Crippen molar-refractivity contribution in [2.45, 2.75) is 84.0 Å². The number of nitro benzene ring substituents is 1. The van der Waals surface area contributed by atoms with Gasteiger partial charge in [0.15, 0.2) is 5.11 Å². The Morgan fingerprint density at radius 1 is 1.18 bits per heavy atom. The molecule has 9 nitrogen and oxygen atoms in total. The number of nitro groups is 1. The SMILES string of the molecule is CCC(C)C(CN(Cc1cccc(Cl)c1Cl)C(=S)NC1CCCCC1)NC(=O)Cc1cncn1Cc1ccc([N+](=O)[O-])cc1. The normalized spacial score (nSPS) is 14.9. The molecule has 4 rings (SSSR count). The summed E-state index contributed by atoms with van der Waals surface area (Å²) in [6.45, 7) is 5.66. The van der Waals surface area contributed by atoms with E-state index in [0.29, 0.717) is 40.8 Å². The van der Waals surface area contributed by atoms with E-state index in [1.165, 1.54) is 31.4 Å². The smallest absolute Gasteiger partial charge is 0.269 e. The highest BCUT2D eigenvalue weighted by Gasteiger charge is 2.26. The lowest BCUT2D eigenvalue weighted by molar-refractivity contribution is -0.384. The molecule has 1 heterocycles. The van der Waals surface area contributed by atoms with Gasteiger partial charge in [-0.1, -0.05) is 87.0 Å². The second-order valence-corrected chi connectivity index (χ2v) is 12.7. The van der Waals surface area contributed by atoms with Gasteiger partial charge in [0, 0.05) is 55.7 Å². The Labute approximate surface area is 274 Å². The van der Waals surface area contributed by atoms with Gasteiger partial charge in [0.05, 0.1) is 27.7 Å². The Morgan fingerprint density at radius 3 is 2.59 bits per heavy atom. The lowest BCUT2D eigenvalue weighted by Gasteiger charge is -2.35. The predicted molar refractivity (Wildman–Crippen MR) is 179 cm³/mol. The monoisotopic (exact) mass is 658 g/mol. The van der Waals surface area contributed by atoms with Gasteiger partial charge in [-0.25, -0.2) is 4.98 Å². The summed E-state index contributed by atoms with van der Waals surface area (Å²) in [5, 5.41) is 19.5. The molecule has 2 aromatic carbocycles. The first kappa shape index (κ1) is 33.7. The average molecular weight is 660 g/mol. The van der Waals surface area contributed by atoms with E-state index in [-0.39, 0.29) is 30.0 Å². The van der Waals surface area contributed by atoms with Gasteiger partial charge < -0.3 is 20.1 Å². The fourth-order valence-electron chi connectivity index (χ4n) is 5.48. The summed E-state index contributed by atoms with van der Waals surface area (Å²) in [6.07, 6.45) is 10.2. The largest absolute Gasteiger partial charge is 0.360 e. The molecule has 0 spiro atoms. The van der Waals surface area contributed by atoms with Crippen molar-refractivity contribution < 1.29 is 9.72 Å². The lowest BCUT2D eigenvalue weighted by Crippen LogP contribution is -2.52. The van der Waals surface area contributed by atoms with Gasteiger partial charge >= 0.3 is 0 Å². The summed E-state index contributed by atoms with van der Waals surface area (Å²) < 4.78 is 1.88. The van der Waals surface area contributed by atoms with Gasteiger partial charge in [0.2, 0.25) is 5.91 Å². The number of non-ortho nitro benzene ring substituents is 1. The zero-order valence-corrected chi connectivity index (χ0v) is 27.5. The molecular weight excluding hydrogens is 619 g/mol. The first-order valence-electron chi connectivity index (χ1n) is 15.1. The molecule has 2 atom stereocenters. The Bertz CT molecular complexity index is 1430. The highest BCUT2D eigenvalue weighted by Crippen LogP contribution is 2.27. The third kappa shape index (κ3) is 9.39. The number of aromatic nitrogens is 2. The van der Waals surface area contributed by atoms with Gasteiger partial charge in [-0.3, -0.25) is 14.9 Å². The number of rotatable bonds is 13. The molecule has 0 saturated heterocycles. The Morgan fingerprint density at radius 2 is 1.91 bits per heavy atom. The van der Waals surface area contributed by atoms with Crippen molar-refractivity contribution in [2.24, 2.45) is 5.92 Å². The van der Waals surface area contributed by atoms with E-state index in [1.54, 1.807) is 30.7 Å². The Hall–Kier alpha value is -3.21. The number of amides is 1. The zero-order valence-electron chi connectivity index (χ0n) is 25.2. The van der Waals surface area contributed by atoms with Crippen LogP contribution in [0.3, 0.4) is 0 Å². The number of halogens is 2. The third-order valence-corrected chi connectivity index (χ3v) is 9.58. The summed E-state index contributed by atoms with van der Waals surface area (Å²) in [6, 6.07) is 12.1. The number of nitrogens with one attached hydrogen (secondary N) is 2. The van der Waals surface area contributed by atoms with Crippen molar-refractivity contribution in [3.8, 4) is 0 Å². The van der Waals surface area contributed by atoms with Gasteiger partial charge in [0.1, 0.15) is 0 Å². The molecule has 12 heteroatoms. The molecule has 1 aliphatic rings. The van der Waals surface area contributed by atoms with Crippen LogP contribution in [0.1, 0.15) is 69.2 Å². The van der Waals surface area contributed by atoms with Crippen molar-refractivity contribution in [1.29, 1.82) is 0 Å². The van der Waals surface area contributed by atoms with Crippen LogP contribution in [0.15, 0.2) is 55.0 Å². The van der Waals surface area contributed by atoms with Crippen molar-refractivity contribution in [3.63, 3.8) is 0 Å². The van der Waals surface area contributed by atoms with Gasteiger partial charge in [0.25, 0.3) is 5.69 Å². The maximum absolute atomic E-state index is 13.5. The molecule has 0 radical (unpaired) electrons. The van der Waals surface area contributed by atoms with Crippen molar-refractivity contribution in [1.82, 2.24) is 25.1 Å². The minimum absolute atomic E-state index is 0.0372. The number of hydrogen-bond acceptors (Lipinski definition) is 5. The summed E-state index contributed by atoms with van der Waals surface area (Å²) in [5.74, 6) is 0.0615. The number of imidazole rings is 1. The minimum atomic E-state index is -0.423. The van der Waals surface area contributed by atoms with Crippen LogP contribution in [0.4, 0.5) is 5.69 Å². The topological polar surface area (TPSA) is 105 Å².